The Labute approximate surface area is 269 Å². The van der Waals surface area contributed by atoms with E-state index in [-0.39, 0.29) is 0 Å². The predicted octanol–water partition coefficient (Wildman–Crippen LogP) is 10.7. The molecule has 2 aliphatic rings. The van der Waals surface area contributed by atoms with E-state index < -0.39 is 0 Å². The number of hydrogen-bond donors (Lipinski definition) is 1. The molecule has 6 aromatic carbocycles. The third-order valence-electron chi connectivity index (χ3n) is 9.66. The number of rotatable bonds is 5. The number of nitrogens with zero attached hydrogens (tertiary/aromatic N) is 2. The van der Waals surface area contributed by atoms with Crippen LogP contribution in [0, 0.1) is 0 Å². The molecular formula is C43H33N3. The summed E-state index contributed by atoms with van der Waals surface area (Å²) < 4.78 is 2.37. The molecule has 3 nitrogen and oxygen atoms in total. The zero-order valence-corrected chi connectivity index (χ0v) is 25.7. The molecule has 1 unspecified atom stereocenters. The largest absolute Gasteiger partial charge is 0.368 e. The Kier molecular flexibility index (Phi) is 6.17. The van der Waals surface area contributed by atoms with E-state index in [9.17, 15) is 0 Å². The van der Waals surface area contributed by atoms with Crippen LogP contribution in [0.4, 0.5) is 11.4 Å². The van der Waals surface area contributed by atoms with Crippen LogP contribution in [0.15, 0.2) is 164 Å². The molecule has 3 heteroatoms. The summed E-state index contributed by atoms with van der Waals surface area (Å²) in [5.41, 5.74) is 13.8. The summed E-state index contributed by atoms with van der Waals surface area (Å²) in [5.74, 6) is 1.44. The van der Waals surface area contributed by atoms with Crippen molar-refractivity contribution in [1.82, 2.24) is 9.88 Å². The third-order valence-corrected chi connectivity index (χ3v) is 9.66. The van der Waals surface area contributed by atoms with Crippen LogP contribution < -0.4 is 10.2 Å². The lowest BCUT2D eigenvalue weighted by molar-refractivity contribution is 0.851. The highest BCUT2D eigenvalue weighted by atomic mass is 15.2. The van der Waals surface area contributed by atoms with Gasteiger partial charge in [0.1, 0.15) is 5.82 Å². The molecule has 7 aromatic rings. The Morgan fingerprint density at radius 3 is 2.17 bits per heavy atom. The van der Waals surface area contributed by atoms with E-state index in [1.807, 2.05) is 0 Å². The van der Waals surface area contributed by atoms with Crippen LogP contribution in [0.1, 0.15) is 24.0 Å². The summed E-state index contributed by atoms with van der Waals surface area (Å²) in [4.78, 5) is 2.35. The lowest BCUT2D eigenvalue weighted by Gasteiger charge is -2.30. The second-order valence-electron chi connectivity index (χ2n) is 12.2. The van der Waals surface area contributed by atoms with Gasteiger partial charge in [-0.05, 0) is 94.1 Å². The maximum atomic E-state index is 3.61. The number of fused-ring (bicyclic) bond motifs is 6. The van der Waals surface area contributed by atoms with Crippen LogP contribution in [0.5, 0.6) is 0 Å². The Morgan fingerprint density at radius 1 is 0.609 bits per heavy atom. The number of dihydropyridines is 1. The van der Waals surface area contributed by atoms with E-state index in [0.29, 0.717) is 5.92 Å². The van der Waals surface area contributed by atoms with Gasteiger partial charge in [0.2, 0.25) is 0 Å². The fraction of sp³-hybridized carbons (Fsp3) is 0.0698. The third kappa shape index (κ3) is 4.20. The average Bonchev–Trinajstić information content (AvgIpc) is 3.61. The van der Waals surface area contributed by atoms with Gasteiger partial charge in [0.15, 0.2) is 0 Å². The molecule has 1 atom stereocenters. The molecule has 1 aromatic heterocycles. The van der Waals surface area contributed by atoms with Crippen molar-refractivity contribution in [2.75, 3.05) is 11.4 Å². The summed E-state index contributed by atoms with van der Waals surface area (Å²) in [6.07, 6.45) is 6.45. The summed E-state index contributed by atoms with van der Waals surface area (Å²) in [6, 6.07) is 51.0. The minimum Gasteiger partial charge on any atom is -0.368 e. The van der Waals surface area contributed by atoms with E-state index in [0.717, 1.165) is 23.7 Å². The number of benzene rings is 6. The molecular weight excluding hydrogens is 558 g/mol. The normalized spacial score (nSPS) is 15.0. The number of aromatic nitrogens is 1. The van der Waals surface area contributed by atoms with E-state index in [2.05, 4.69) is 179 Å². The summed E-state index contributed by atoms with van der Waals surface area (Å²) in [6.45, 7) is 3.13. The summed E-state index contributed by atoms with van der Waals surface area (Å²) in [7, 11) is 0. The number of allylic oxidation sites excluding steroid dienone is 2. The van der Waals surface area contributed by atoms with Crippen LogP contribution in [0.3, 0.4) is 0 Å². The molecule has 1 aliphatic carbocycles. The molecule has 0 radical (unpaired) electrons. The van der Waals surface area contributed by atoms with Crippen molar-refractivity contribution in [3.8, 4) is 27.9 Å². The van der Waals surface area contributed by atoms with Gasteiger partial charge in [0.05, 0.1) is 11.0 Å². The molecule has 0 bridgehead atoms. The maximum Gasteiger partial charge on any atom is 0.111 e. The van der Waals surface area contributed by atoms with E-state index in [1.54, 1.807) is 0 Å². The van der Waals surface area contributed by atoms with Gasteiger partial charge in [0, 0.05) is 40.3 Å². The fourth-order valence-corrected chi connectivity index (χ4v) is 7.42. The lowest BCUT2D eigenvalue weighted by atomic mass is 9.98. The quantitative estimate of drug-likeness (QED) is 0.215. The average molecular weight is 592 g/mol. The molecule has 220 valence electrons. The zero-order chi connectivity index (χ0) is 30.6. The minimum absolute atomic E-state index is 0.367. The molecule has 46 heavy (non-hydrogen) atoms. The molecule has 0 amide bonds. The van der Waals surface area contributed by atoms with Crippen molar-refractivity contribution in [1.29, 1.82) is 0 Å². The monoisotopic (exact) mass is 591 g/mol. The van der Waals surface area contributed by atoms with Gasteiger partial charge < -0.3 is 9.88 Å². The standard InChI is InChI=1S/C43H33N3/c1-29-35-13-5-6-14-36(35)37-24-23-34(28-39(29)37)45(43-17-9-10-26-44-43)33-21-18-30(19-22-33)31-20-25-42-40(27-31)38-15-7-8-16-41(38)46(42)32-11-3-2-4-12-32/h2-25,27-29,44H,26H2,1H3. The highest BCUT2D eigenvalue weighted by molar-refractivity contribution is 6.10. The number of para-hydroxylation sites is 2. The number of nitrogens with one attached hydrogen (secondary N) is 1. The smallest absolute Gasteiger partial charge is 0.111 e. The lowest BCUT2D eigenvalue weighted by Crippen LogP contribution is -2.29. The van der Waals surface area contributed by atoms with Crippen LogP contribution in [-0.2, 0) is 0 Å². The Balaban J connectivity index is 1.12. The first-order chi connectivity index (χ1) is 22.7. The molecule has 0 spiro atoms. The van der Waals surface area contributed by atoms with E-state index in [4.69, 9.17) is 0 Å². The van der Waals surface area contributed by atoms with Crippen molar-refractivity contribution in [2.24, 2.45) is 0 Å². The second kappa shape index (κ2) is 10.7. The first kappa shape index (κ1) is 26.6. The van der Waals surface area contributed by atoms with Crippen LogP contribution in [0.2, 0.25) is 0 Å². The Hall–Kier alpha value is -5.80. The number of anilines is 2. The SMILES string of the molecule is CC1c2ccccc2-c2ccc(N(C3=CC=CCN3)c3ccc(-c4ccc5c(c4)c4ccccc4n5-c4ccccc4)cc3)cc21. The van der Waals surface area contributed by atoms with Gasteiger partial charge >= 0.3 is 0 Å². The van der Waals surface area contributed by atoms with Gasteiger partial charge in [-0.15, -0.1) is 0 Å². The fourth-order valence-electron chi connectivity index (χ4n) is 7.42. The zero-order valence-electron chi connectivity index (χ0n) is 25.7. The second-order valence-corrected chi connectivity index (χ2v) is 12.2. The highest BCUT2D eigenvalue weighted by Crippen LogP contribution is 2.46. The molecule has 0 saturated carbocycles. The molecule has 1 aliphatic heterocycles. The van der Waals surface area contributed by atoms with Crippen molar-refractivity contribution < 1.29 is 0 Å². The van der Waals surface area contributed by atoms with Crippen molar-refractivity contribution in [3.05, 3.63) is 175 Å². The first-order valence-electron chi connectivity index (χ1n) is 16.1. The predicted molar refractivity (Wildman–Crippen MR) is 193 cm³/mol. The maximum absolute atomic E-state index is 3.61. The van der Waals surface area contributed by atoms with Crippen molar-refractivity contribution in [3.63, 3.8) is 0 Å². The summed E-state index contributed by atoms with van der Waals surface area (Å²) >= 11 is 0. The van der Waals surface area contributed by atoms with Crippen molar-refractivity contribution >= 4 is 33.2 Å². The first-order valence-corrected chi connectivity index (χ1v) is 16.1. The van der Waals surface area contributed by atoms with Gasteiger partial charge in [-0.1, -0.05) is 104 Å². The number of hydrogen-bond acceptors (Lipinski definition) is 2. The van der Waals surface area contributed by atoms with Crippen molar-refractivity contribution in [2.45, 2.75) is 12.8 Å². The van der Waals surface area contributed by atoms with Crippen LogP contribution in [-0.4, -0.2) is 11.1 Å². The Bertz CT molecular complexity index is 2320. The van der Waals surface area contributed by atoms with Gasteiger partial charge in [-0.2, -0.15) is 0 Å². The van der Waals surface area contributed by atoms with Gasteiger partial charge in [0.25, 0.3) is 0 Å². The van der Waals surface area contributed by atoms with E-state index >= 15 is 0 Å². The molecule has 0 saturated heterocycles. The van der Waals surface area contributed by atoms with Crippen LogP contribution >= 0.6 is 0 Å². The Morgan fingerprint density at radius 2 is 1.33 bits per heavy atom. The minimum atomic E-state index is 0.367. The van der Waals surface area contributed by atoms with Crippen LogP contribution in [0.25, 0.3) is 49.7 Å². The van der Waals surface area contributed by atoms with Gasteiger partial charge in [-0.25, -0.2) is 0 Å². The molecule has 9 rings (SSSR count). The van der Waals surface area contributed by atoms with E-state index in [1.165, 1.54) is 60.9 Å². The molecule has 1 N–H and O–H groups in total. The molecule has 2 heterocycles. The molecule has 0 fully saturated rings. The van der Waals surface area contributed by atoms with Gasteiger partial charge in [-0.3, -0.25) is 4.90 Å². The highest BCUT2D eigenvalue weighted by Gasteiger charge is 2.27. The topological polar surface area (TPSA) is 20.2 Å². The summed E-state index contributed by atoms with van der Waals surface area (Å²) in [5, 5.41) is 6.14.